The average Bonchev–Trinajstić information content (AvgIpc) is 2.98. The Kier molecular flexibility index (Phi) is 5.17. The van der Waals surface area contributed by atoms with Crippen LogP contribution in [0.25, 0.3) is 0 Å². The predicted molar refractivity (Wildman–Crippen MR) is 73.5 cm³/mol. The summed E-state index contributed by atoms with van der Waals surface area (Å²) >= 11 is 0. The molecule has 2 aliphatic rings. The minimum atomic E-state index is -1.07. The third-order valence-electron chi connectivity index (χ3n) is 4.15. The molecule has 0 unspecified atom stereocenters. The van der Waals surface area contributed by atoms with Crippen molar-refractivity contribution >= 4 is 17.8 Å². The van der Waals surface area contributed by atoms with Gasteiger partial charge in [-0.15, -0.1) is 0 Å². The maximum Gasteiger partial charge on any atom is 0.334 e. The van der Waals surface area contributed by atoms with E-state index < -0.39 is 18.1 Å². The molecule has 2 N–H and O–H groups in total. The lowest BCUT2D eigenvalue weighted by Gasteiger charge is -2.35. The second kappa shape index (κ2) is 6.89. The fraction of sp³-hybridized carbons (Fsp3) is 0.786. The van der Waals surface area contributed by atoms with E-state index >= 15 is 0 Å². The molecular formula is C14H22N2O5. The van der Waals surface area contributed by atoms with Crippen LogP contribution in [-0.4, -0.2) is 59.6 Å². The van der Waals surface area contributed by atoms with Crippen molar-refractivity contribution in [3.63, 3.8) is 0 Å². The number of hydrogen-bond donors (Lipinski definition) is 2. The summed E-state index contributed by atoms with van der Waals surface area (Å²) in [5, 5.41) is 11.7. The highest BCUT2D eigenvalue weighted by Gasteiger charge is 2.37. The van der Waals surface area contributed by atoms with E-state index in [9.17, 15) is 14.4 Å². The molecule has 2 amide bonds. The Balaban J connectivity index is 2.05. The standard InChI is InChI=1S/C14H22N2O5/c1-9(17)15-12(10-4-2-3-5-10)13(18)16-6-7-21-11(8-16)14(19)20/h10-12H,2-8H2,1H3,(H,15,17)(H,19,20)/t11-,12+/m1/s1. The molecule has 1 saturated heterocycles. The number of morpholine rings is 1. The van der Waals surface area contributed by atoms with Gasteiger partial charge in [0.1, 0.15) is 6.04 Å². The van der Waals surface area contributed by atoms with Crippen molar-refractivity contribution in [2.45, 2.75) is 44.8 Å². The highest BCUT2D eigenvalue weighted by molar-refractivity contribution is 5.87. The number of hydrogen-bond acceptors (Lipinski definition) is 4. The number of amides is 2. The molecule has 1 heterocycles. The molecule has 0 spiro atoms. The van der Waals surface area contributed by atoms with Crippen LogP contribution in [0.1, 0.15) is 32.6 Å². The molecule has 21 heavy (non-hydrogen) atoms. The smallest absolute Gasteiger partial charge is 0.334 e. The van der Waals surface area contributed by atoms with E-state index in [1.165, 1.54) is 11.8 Å². The van der Waals surface area contributed by atoms with Gasteiger partial charge in [-0.3, -0.25) is 9.59 Å². The summed E-state index contributed by atoms with van der Waals surface area (Å²) < 4.78 is 5.13. The highest BCUT2D eigenvalue weighted by atomic mass is 16.5. The molecule has 2 fully saturated rings. The number of nitrogens with one attached hydrogen (secondary N) is 1. The lowest BCUT2D eigenvalue weighted by Crippen LogP contribution is -2.56. The van der Waals surface area contributed by atoms with Gasteiger partial charge in [-0.05, 0) is 18.8 Å². The Morgan fingerprint density at radius 2 is 1.95 bits per heavy atom. The molecule has 2 atom stereocenters. The van der Waals surface area contributed by atoms with Crippen molar-refractivity contribution in [1.29, 1.82) is 0 Å². The van der Waals surface area contributed by atoms with Crippen LogP contribution in [0, 0.1) is 5.92 Å². The van der Waals surface area contributed by atoms with Crippen LogP contribution in [0.2, 0.25) is 0 Å². The second-order valence-corrected chi connectivity index (χ2v) is 5.70. The van der Waals surface area contributed by atoms with Gasteiger partial charge in [0.2, 0.25) is 11.8 Å². The predicted octanol–water partition coefficient (Wildman–Crippen LogP) is -0.00670. The van der Waals surface area contributed by atoms with Gasteiger partial charge in [0.25, 0.3) is 0 Å². The molecule has 0 bridgehead atoms. The van der Waals surface area contributed by atoms with Crippen LogP contribution in [-0.2, 0) is 19.1 Å². The molecule has 118 valence electrons. The molecular weight excluding hydrogens is 276 g/mol. The first-order valence-corrected chi connectivity index (χ1v) is 7.39. The van der Waals surface area contributed by atoms with E-state index in [0.29, 0.717) is 6.54 Å². The van der Waals surface area contributed by atoms with E-state index in [-0.39, 0.29) is 30.9 Å². The van der Waals surface area contributed by atoms with E-state index in [0.717, 1.165) is 25.7 Å². The van der Waals surface area contributed by atoms with Crippen molar-refractivity contribution < 1.29 is 24.2 Å². The Morgan fingerprint density at radius 1 is 1.29 bits per heavy atom. The fourth-order valence-electron chi connectivity index (χ4n) is 3.09. The van der Waals surface area contributed by atoms with Crippen LogP contribution in [0.3, 0.4) is 0 Å². The zero-order valence-electron chi connectivity index (χ0n) is 12.2. The van der Waals surface area contributed by atoms with Crippen molar-refractivity contribution in [1.82, 2.24) is 10.2 Å². The summed E-state index contributed by atoms with van der Waals surface area (Å²) in [4.78, 5) is 36.5. The Morgan fingerprint density at radius 3 is 2.52 bits per heavy atom. The van der Waals surface area contributed by atoms with Gasteiger partial charge in [0.15, 0.2) is 6.10 Å². The van der Waals surface area contributed by atoms with Gasteiger partial charge in [-0.25, -0.2) is 4.79 Å². The number of ether oxygens (including phenoxy) is 1. The minimum Gasteiger partial charge on any atom is -0.479 e. The van der Waals surface area contributed by atoms with Crippen molar-refractivity contribution in [2.24, 2.45) is 5.92 Å². The SMILES string of the molecule is CC(=O)N[C@H](C(=O)N1CCO[C@@H](C(=O)O)C1)C1CCCC1. The van der Waals surface area contributed by atoms with Crippen molar-refractivity contribution in [2.75, 3.05) is 19.7 Å². The molecule has 1 aliphatic carbocycles. The molecule has 2 rings (SSSR count). The van der Waals surface area contributed by atoms with E-state index in [4.69, 9.17) is 9.84 Å². The average molecular weight is 298 g/mol. The zero-order valence-corrected chi connectivity index (χ0v) is 12.2. The topological polar surface area (TPSA) is 95.9 Å². The summed E-state index contributed by atoms with van der Waals surface area (Å²) in [6, 6.07) is -0.544. The van der Waals surface area contributed by atoms with Crippen LogP contribution in [0.5, 0.6) is 0 Å². The molecule has 7 nitrogen and oxygen atoms in total. The highest BCUT2D eigenvalue weighted by Crippen LogP contribution is 2.29. The van der Waals surface area contributed by atoms with Gasteiger partial charge in [0.05, 0.1) is 13.2 Å². The quantitative estimate of drug-likeness (QED) is 0.761. The maximum absolute atomic E-state index is 12.7. The van der Waals surface area contributed by atoms with Gasteiger partial charge in [-0.2, -0.15) is 0 Å². The number of nitrogens with zero attached hydrogens (tertiary/aromatic N) is 1. The lowest BCUT2D eigenvalue weighted by molar-refractivity contribution is -0.160. The third-order valence-corrected chi connectivity index (χ3v) is 4.15. The summed E-state index contributed by atoms with van der Waals surface area (Å²) in [5.41, 5.74) is 0. The number of carbonyl (C=O) groups excluding carboxylic acids is 2. The van der Waals surface area contributed by atoms with E-state index in [1.807, 2.05) is 0 Å². The first-order valence-electron chi connectivity index (χ1n) is 7.39. The molecule has 0 aromatic carbocycles. The second-order valence-electron chi connectivity index (χ2n) is 5.70. The largest absolute Gasteiger partial charge is 0.479 e. The van der Waals surface area contributed by atoms with Crippen LogP contribution in [0.4, 0.5) is 0 Å². The van der Waals surface area contributed by atoms with Gasteiger partial charge >= 0.3 is 5.97 Å². The summed E-state index contributed by atoms with van der Waals surface area (Å²) in [6.07, 6.45) is 2.99. The van der Waals surface area contributed by atoms with E-state index in [1.54, 1.807) is 0 Å². The summed E-state index contributed by atoms with van der Waals surface area (Å²) in [5.74, 6) is -1.34. The maximum atomic E-state index is 12.7. The van der Waals surface area contributed by atoms with Crippen molar-refractivity contribution in [3.8, 4) is 0 Å². The molecule has 7 heteroatoms. The molecule has 1 saturated carbocycles. The van der Waals surface area contributed by atoms with Gasteiger partial charge < -0.3 is 20.1 Å². The molecule has 0 radical (unpaired) electrons. The van der Waals surface area contributed by atoms with Crippen LogP contribution in [0.15, 0.2) is 0 Å². The fourth-order valence-corrected chi connectivity index (χ4v) is 3.09. The van der Waals surface area contributed by atoms with Gasteiger partial charge in [0, 0.05) is 13.5 Å². The van der Waals surface area contributed by atoms with E-state index in [2.05, 4.69) is 5.32 Å². The van der Waals surface area contributed by atoms with Crippen LogP contribution >= 0.6 is 0 Å². The Bertz CT molecular complexity index is 420. The molecule has 0 aromatic rings. The number of carboxylic acid groups (broad SMARTS) is 1. The lowest BCUT2D eigenvalue weighted by atomic mass is 9.96. The molecule has 0 aromatic heterocycles. The first-order chi connectivity index (χ1) is 9.99. The summed E-state index contributed by atoms with van der Waals surface area (Å²) in [6.45, 7) is 2.01. The Hall–Kier alpha value is -1.63. The number of carbonyl (C=O) groups is 3. The number of aliphatic carboxylic acids is 1. The van der Waals surface area contributed by atoms with Crippen LogP contribution < -0.4 is 5.32 Å². The number of rotatable bonds is 4. The third kappa shape index (κ3) is 3.93. The van der Waals surface area contributed by atoms with Crippen molar-refractivity contribution in [3.05, 3.63) is 0 Å². The number of carboxylic acids is 1. The first kappa shape index (κ1) is 15.8. The normalized spacial score (nSPS) is 24.6. The zero-order chi connectivity index (χ0) is 15.4. The monoisotopic (exact) mass is 298 g/mol. The van der Waals surface area contributed by atoms with Gasteiger partial charge in [-0.1, -0.05) is 12.8 Å². The minimum absolute atomic E-state index is 0.0387. The molecule has 1 aliphatic heterocycles. The summed E-state index contributed by atoms with van der Waals surface area (Å²) in [7, 11) is 0. The Labute approximate surface area is 123 Å².